The number of benzene rings is 1. The van der Waals surface area contributed by atoms with Crippen molar-refractivity contribution < 1.29 is 0 Å². The molecular formula is C19H31N. The van der Waals surface area contributed by atoms with Gasteiger partial charge in [0.25, 0.3) is 0 Å². The molecule has 0 radical (unpaired) electrons. The minimum absolute atomic E-state index is 0.384. The van der Waals surface area contributed by atoms with Crippen molar-refractivity contribution in [3.05, 3.63) is 35.4 Å². The second kappa shape index (κ2) is 6.30. The van der Waals surface area contributed by atoms with E-state index in [0.29, 0.717) is 10.8 Å². The van der Waals surface area contributed by atoms with E-state index < -0.39 is 0 Å². The van der Waals surface area contributed by atoms with E-state index in [0.717, 1.165) is 13.1 Å². The molecule has 1 saturated carbocycles. The summed E-state index contributed by atoms with van der Waals surface area (Å²) in [5.41, 5.74) is 3.89. The Labute approximate surface area is 125 Å². The monoisotopic (exact) mass is 273 g/mol. The van der Waals surface area contributed by atoms with Gasteiger partial charge < -0.3 is 5.32 Å². The van der Waals surface area contributed by atoms with E-state index in [4.69, 9.17) is 0 Å². The number of hydrogen-bond acceptors (Lipinski definition) is 1. The maximum absolute atomic E-state index is 3.68. The van der Waals surface area contributed by atoms with Gasteiger partial charge in [0, 0.05) is 12.0 Å². The highest BCUT2D eigenvalue weighted by Crippen LogP contribution is 2.58. The van der Waals surface area contributed by atoms with Crippen molar-refractivity contribution in [3.8, 4) is 0 Å². The number of aryl methyl sites for hydroxylation is 1. The SMILES string of the molecule is CCCNCC1(c2ccc(C)cc2)CC(CC)(CC)C1. The highest BCUT2D eigenvalue weighted by Gasteiger charge is 2.52. The third-order valence-corrected chi connectivity index (χ3v) is 5.48. The summed E-state index contributed by atoms with van der Waals surface area (Å²) in [5, 5.41) is 3.68. The third-order valence-electron chi connectivity index (χ3n) is 5.48. The van der Waals surface area contributed by atoms with Crippen molar-refractivity contribution in [2.24, 2.45) is 5.41 Å². The van der Waals surface area contributed by atoms with Crippen LogP contribution in [0.1, 0.15) is 64.0 Å². The number of hydrogen-bond donors (Lipinski definition) is 1. The quantitative estimate of drug-likeness (QED) is 0.701. The molecule has 0 spiro atoms. The summed E-state index contributed by atoms with van der Waals surface area (Å²) in [4.78, 5) is 0. The van der Waals surface area contributed by atoms with Crippen LogP contribution in [0.2, 0.25) is 0 Å². The van der Waals surface area contributed by atoms with Crippen molar-refractivity contribution in [3.63, 3.8) is 0 Å². The molecule has 1 N–H and O–H groups in total. The van der Waals surface area contributed by atoms with Gasteiger partial charge in [0.05, 0.1) is 0 Å². The van der Waals surface area contributed by atoms with Crippen molar-refractivity contribution in [1.82, 2.24) is 5.32 Å². The molecule has 1 aliphatic rings. The Morgan fingerprint density at radius 2 is 1.60 bits per heavy atom. The summed E-state index contributed by atoms with van der Waals surface area (Å²) in [6.45, 7) is 11.4. The molecule has 0 unspecified atom stereocenters. The first-order chi connectivity index (χ1) is 9.60. The van der Waals surface area contributed by atoms with Gasteiger partial charge in [0.15, 0.2) is 0 Å². The first kappa shape index (κ1) is 15.6. The van der Waals surface area contributed by atoms with Crippen LogP contribution in [0.15, 0.2) is 24.3 Å². The van der Waals surface area contributed by atoms with Crippen LogP contribution < -0.4 is 5.32 Å². The average molecular weight is 273 g/mol. The van der Waals surface area contributed by atoms with Gasteiger partial charge >= 0.3 is 0 Å². The van der Waals surface area contributed by atoms with Crippen LogP contribution in [0.5, 0.6) is 0 Å². The van der Waals surface area contributed by atoms with Crippen molar-refractivity contribution in [1.29, 1.82) is 0 Å². The molecule has 0 aromatic heterocycles. The first-order valence-corrected chi connectivity index (χ1v) is 8.37. The normalized spacial score (nSPS) is 19.6. The Morgan fingerprint density at radius 3 is 2.10 bits per heavy atom. The molecule has 0 amide bonds. The van der Waals surface area contributed by atoms with Crippen molar-refractivity contribution in [2.75, 3.05) is 13.1 Å². The molecule has 1 heteroatoms. The zero-order valence-electron chi connectivity index (χ0n) is 13.8. The molecule has 112 valence electrons. The lowest BCUT2D eigenvalue weighted by atomic mass is 9.48. The highest BCUT2D eigenvalue weighted by atomic mass is 14.9. The van der Waals surface area contributed by atoms with Gasteiger partial charge in [-0.05, 0) is 43.7 Å². The van der Waals surface area contributed by atoms with E-state index in [-0.39, 0.29) is 0 Å². The fourth-order valence-corrected chi connectivity index (χ4v) is 3.98. The molecule has 1 aromatic carbocycles. The molecule has 0 heterocycles. The van der Waals surface area contributed by atoms with Crippen LogP contribution in [0.4, 0.5) is 0 Å². The molecule has 0 aliphatic heterocycles. The molecule has 0 atom stereocenters. The maximum Gasteiger partial charge on any atom is 0.00883 e. The van der Waals surface area contributed by atoms with Crippen LogP contribution in [0.25, 0.3) is 0 Å². The Hall–Kier alpha value is -0.820. The molecule has 1 nitrogen and oxygen atoms in total. The van der Waals surface area contributed by atoms with E-state index in [2.05, 4.69) is 57.3 Å². The lowest BCUT2D eigenvalue weighted by molar-refractivity contribution is 0.0130. The zero-order chi connectivity index (χ0) is 14.6. The van der Waals surface area contributed by atoms with Crippen LogP contribution in [-0.4, -0.2) is 13.1 Å². The van der Waals surface area contributed by atoms with E-state index in [9.17, 15) is 0 Å². The summed E-state index contributed by atoms with van der Waals surface area (Å²) in [6.07, 6.45) is 6.58. The van der Waals surface area contributed by atoms with Crippen LogP contribution in [0, 0.1) is 12.3 Å². The number of nitrogens with one attached hydrogen (secondary N) is 1. The van der Waals surface area contributed by atoms with Crippen LogP contribution in [0.3, 0.4) is 0 Å². The molecular weight excluding hydrogens is 242 g/mol. The summed E-state index contributed by atoms with van der Waals surface area (Å²) in [7, 11) is 0. The fraction of sp³-hybridized carbons (Fsp3) is 0.684. The van der Waals surface area contributed by atoms with Gasteiger partial charge in [-0.2, -0.15) is 0 Å². The van der Waals surface area contributed by atoms with Gasteiger partial charge in [0.2, 0.25) is 0 Å². The largest absolute Gasteiger partial charge is 0.316 e. The molecule has 20 heavy (non-hydrogen) atoms. The Balaban J connectivity index is 2.16. The Kier molecular flexibility index (Phi) is 4.90. The molecule has 2 rings (SSSR count). The zero-order valence-corrected chi connectivity index (χ0v) is 13.8. The first-order valence-electron chi connectivity index (χ1n) is 8.37. The predicted molar refractivity (Wildman–Crippen MR) is 88.3 cm³/mol. The van der Waals surface area contributed by atoms with E-state index in [1.165, 1.54) is 37.7 Å². The summed E-state index contributed by atoms with van der Waals surface area (Å²) in [6, 6.07) is 9.26. The van der Waals surface area contributed by atoms with E-state index in [1.54, 1.807) is 5.56 Å². The second-order valence-corrected chi connectivity index (χ2v) is 6.88. The van der Waals surface area contributed by atoms with Crippen molar-refractivity contribution >= 4 is 0 Å². The van der Waals surface area contributed by atoms with E-state index in [1.807, 2.05) is 0 Å². The molecule has 1 fully saturated rings. The lowest BCUT2D eigenvalue weighted by Crippen LogP contribution is -2.54. The van der Waals surface area contributed by atoms with Crippen LogP contribution in [-0.2, 0) is 5.41 Å². The lowest BCUT2D eigenvalue weighted by Gasteiger charge is -2.57. The fourth-order valence-electron chi connectivity index (χ4n) is 3.98. The van der Waals surface area contributed by atoms with Crippen LogP contribution >= 0.6 is 0 Å². The molecule has 0 bridgehead atoms. The Bertz CT molecular complexity index is 406. The van der Waals surface area contributed by atoms with Gasteiger partial charge in [-0.15, -0.1) is 0 Å². The minimum Gasteiger partial charge on any atom is -0.316 e. The summed E-state index contributed by atoms with van der Waals surface area (Å²) < 4.78 is 0. The highest BCUT2D eigenvalue weighted by molar-refractivity contribution is 5.33. The average Bonchev–Trinajstić information content (AvgIpc) is 2.43. The van der Waals surface area contributed by atoms with Crippen molar-refractivity contribution in [2.45, 2.75) is 65.2 Å². The predicted octanol–water partition coefficient (Wildman–Crippen LogP) is 4.83. The molecule has 1 aliphatic carbocycles. The third kappa shape index (κ3) is 2.93. The van der Waals surface area contributed by atoms with E-state index >= 15 is 0 Å². The van der Waals surface area contributed by atoms with Gasteiger partial charge in [-0.1, -0.05) is 63.4 Å². The molecule has 0 saturated heterocycles. The summed E-state index contributed by atoms with van der Waals surface area (Å²) in [5.74, 6) is 0. The second-order valence-electron chi connectivity index (χ2n) is 6.88. The topological polar surface area (TPSA) is 12.0 Å². The summed E-state index contributed by atoms with van der Waals surface area (Å²) >= 11 is 0. The smallest absolute Gasteiger partial charge is 0.00883 e. The Morgan fingerprint density at radius 1 is 1.00 bits per heavy atom. The minimum atomic E-state index is 0.384. The van der Waals surface area contributed by atoms with Gasteiger partial charge in [-0.3, -0.25) is 0 Å². The molecule has 1 aromatic rings. The van der Waals surface area contributed by atoms with Gasteiger partial charge in [0.1, 0.15) is 0 Å². The maximum atomic E-state index is 3.68. The standard InChI is InChI=1S/C19H31N/c1-5-12-20-15-19(13-18(6-2,7-3)14-19)17-10-8-16(4)9-11-17/h8-11,20H,5-7,12-15H2,1-4H3. The number of rotatable bonds is 7. The van der Waals surface area contributed by atoms with Gasteiger partial charge in [-0.25, -0.2) is 0 Å².